The Balaban J connectivity index is 1.61. The van der Waals surface area contributed by atoms with Crippen LogP contribution in [0.2, 0.25) is 0 Å². The second-order valence-corrected chi connectivity index (χ2v) is 8.32. The molecule has 0 spiro atoms. The fourth-order valence-corrected chi connectivity index (χ4v) is 4.75. The summed E-state index contributed by atoms with van der Waals surface area (Å²) in [5.41, 5.74) is 0.726. The number of likely N-dealkylation sites (N-methyl/N-ethyl adjacent to an activating group) is 1. The fourth-order valence-electron chi connectivity index (χ4n) is 3.57. The maximum Gasteiger partial charge on any atom is 0.309 e. The first kappa shape index (κ1) is 21.2. The standard InChI is InChI=1S/C21H25FN2O4S/c1-4-28-21(27)14-7-9-24(10-8-14)18(25)12-23(3)20(26)19-13(2)16-11-15(22)5-6-17(16)29-19/h5-6,11,14H,4,7-10,12H2,1-3H3. The Morgan fingerprint density at radius 2 is 1.97 bits per heavy atom. The van der Waals surface area contributed by atoms with E-state index in [4.69, 9.17) is 4.74 Å². The molecule has 0 atom stereocenters. The van der Waals surface area contributed by atoms with Crippen molar-refractivity contribution in [2.24, 2.45) is 5.92 Å². The van der Waals surface area contributed by atoms with Crippen LogP contribution < -0.4 is 0 Å². The van der Waals surface area contributed by atoms with E-state index in [2.05, 4.69) is 0 Å². The summed E-state index contributed by atoms with van der Waals surface area (Å²) < 4.78 is 19.4. The average molecular weight is 421 g/mol. The number of esters is 1. The van der Waals surface area contributed by atoms with Crippen molar-refractivity contribution in [1.82, 2.24) is 9.80 Å². The van der Waals surface area contributed by atoms with Crippen LogP contribution in [0.15, 0.2) is 18.2 Å². The van der Waals surface area contributed by atoms with Crippen LogP contribution in [0.25, 0.3) is 10.1 Å². The number of halogens is 1. The summed E-state index contributed by atoms with van der Waals surface area (Å²) in [4.78, 5) is 40.9. The summed E-state index contributed by atoms with van der Waals surface area (Å²) in [5.74, 6) is -1.11. The maximum absolute atomic E-state index is 13.5. The van der Waals surface area contributed by atoms with Gasteiger partial charge in [-0.3, -0.25) is 14.4 Å². The van der Waals surface area contributed by atoms with Gasteiger partial charge in [-0.15, -0.1) is 11.3 Å². The van der Waals surface area contributed by atoms with Gasteiger partial charge in [-0.2, -0.15) is 0 Å². The quantitative estimate of drug-likeness (QED) is 0.697. The van der Waals surface area contributed by atoms with E-state index in [0.29, 0.717) is 37.4 Å². The van der Waals surface area contributed by atoms with E-state index in [1.54, 1.807) is 31.9 Å². The molecule has 8 heteroatoms. The monoisotopic (exact) mass is 420 g/mol. The average Bonchev–Trinajstić information content (AvgIpc) is 3.03. The Kier molecular flexibility index (Phi) is 6.52. The van der Waals surface area contributed by atoms with Crippen LogP contribution >= 0.6 is 11.3 Å². The topological polar surface area (TPSA) is 66.9 Å². The molecule has 2 heterocycles. The predicted octanol–water partition coefficient (Wildman–Crippen LogP) is 3.22. The molecule has 1 saturated heterocycles. The van der Waals surface area contributed by atoms with E-state index >= 15 is 0 Å². The molecule has 0 radical (unpaired) electrons. The number of benzene rings is 1. The molecule has 1 fully saturated rings. The number of thiophene rings is 1. The zero-order valence-corrected chi connectivity index (χ0v) is 17.7. The highest BCUT2D eigenvalue weighted by Crippen LogP contribution is 2.32. The molecule has 0 N–H and O–H groups in total. The zero-order valence-electron chi connectivity index (χ0n) is 16.9. The number of piperidine rings is 1. The van der Waals surface area contributed by atoms with Crippen LogP contribution in [0.4, 0.5) is 4.39 Å². The van der Waals surface area contributed by atoms with Crippen LogP contribution in [0, 0.1) is 18.7 Å². The van der Waals surface area contributed by atoms with Crippen LogP contribution in [-0.4, -0.2) is 60.9 Å². The van der Waals surface area contributed by atoms with Crippen molar-refractivity contribution in [3.63, 3.8) is 0 Å². The number of amides is 2. The van der Waals surface area contributed by atoms with E-state index in [1.165, 1.54) is 28.4 Å². The van der Waals surface area contributed by atoms with Gasteiger partial charge in [-0.05, 0) is 55.8 Å². The van der Waals surface area contributed by atoms with Gasteiger partial charge in [0.15, 0.2) is 0 Å². The molecule has 1 aliphatic heterocycles. The third-order valence-corrected chi connectivity index (χ3v) is 6.54. The van der Waals surface area contributed by atoms with E-state index < -0.39 is 0 Å². The molecule has 3 rings (SSSR count). The molecule has 1 aromatic heterocycles. The van der Waals surface area contributed by atoms with Gasteiger partial charge in [0.2, 0.25) is 5.91 Å². The molecule has 0 aliphatic carbocycles. The van der Waals surface area contributed by atoms with Crippen LogP contribution in [0.1, 0.15) is 35.0 Å². The number of ether oxygens (including phenoxy) is 1. The van der Waals surface area contributed by atoms with Gasteiger partial charge in [-0.1, -0.05) is 0 Å². The number of likely N-dealkylation sites (tertiary alicyclic amines) is 1. The molecule has 6 nitrogen and oxygen atoms in total. The Morgan fingerprint density at radius 3 is 2.62 bits per heavy atom. The predicted molar refractivity (Wildman–Crippen MR) is 109 cm³/mol. The molecule has 2 amide bonds. The molecular weight excluding hydrogens is 395 g/mol. The smallest absolute Gasteiger partial charge is 0.309 e. The number of hydrogen-bond donors (Lipinski definition) is 0. The number of fused-ring (bicyclic) bond motifs is 1. The lowest BCUT2D eigenvalue weighted by Gasteiger charge is -2.32. The van der Waals surface area contributed by atoms with Crippen molar-refractivity contribution in [2.75, 3.05) is 33.3 Å². The van der Waals surface area contributed by atoms with Crippen molar-refractivity contribution < 1.29 is 23.5 Å². The normalized spacial score (nSPS) is 14.8. The first-order chi connectivity index (χ1) is 13.8. The number of nitrogens with zero attached hydrogens (tertiary/aromatic N) is 2. The van der Waals surface area contributed by atoms with Gasteiger partial charge in [0.25, 0.3) is 5.91 Å². The SMILES string of the molecule is CCOC(=O)C1CCN(C(=O)CN(C)C(=O)c2sc3ccc(F)cc3c2C)CC1. The summed E-state index contributed by atoms with van der Waals surface area (Å²) in [6, 6.07) is 4.47. The van der Waals surface area contributed by atoms with Crippen molar-refractivity contribution in [3.05, 3.63) is 34.5 Å². The van der Waals surface area contributed by atoms with Crippen molar-refractivity contribution in [1.29, 1.82) is 0 Å². The Hall–Kier alpha value is -2.48. The van der Waals surface area contributed by atoms with Gasteiger partial charge >= 0.3 is 5.97 Å². The Labute approximate surface area is 173 Å². The van der Waals surface area contributed by atoms with Gasteiger partial charge in [0, 0.05) is 24.8 Å². The van der Waals surface area contributed by atoms with Gasteiger partial charge in [0.05, 0.1) is 23.9 Å². The fraction of sp³-hybridized carbons (Fsp3) is 0.476. The highest BCUT2D eigenvalue weighted by atomic mass is 32.1. The minimum Gasteiger partial charge on any atom is -0.466 e. The lowest BCUT2D eigenvalue weighted by molar-refractivity contribution is -0.151. The molecule has 1 aliphatic rings. The zero-order chi connectivity index (χ0) is 21.1. The number of aryl methyl sites for hydroxylation is 1. The molecule has 1 aromatic carbocycles. The highest BCUT2D eigenvalue weighted by Gasteiger charge is 2.29. The molecule has 0 bridgehead atoms. The third kappa shape index (κ3) is 4.58. The van der Waals surface area contributed by atoms with E-state index in [9.17, 15) is 18.8 Å². The lowest BCUT2D eigenvalue weighted by Crippen LogP contribution is -2.45. The van der Waals surface area contributed by atoms with Crippen LogP contribution in [-0.2, 0) is 14.3 Å². The highest BCUT2D eigenvalue weighted by molar-refractivity contribution is 7.21. The first-order valence-corrected chi connectivity index (χ1v) is 10.5. The maximum atomic E-state index is 13.5. The van der Waals surface area contributed by atoms with Crippen molar-refractivity contribution in [2.45, 2.75) is 26.7 Å². The molecule has 29 heavy (non-hydrogen) atoms. The van der Waals surface area contributed by atoms with E-state index in [1.807, 2.05) is 0 Å². The second kappa shape index (κ2) is 8.90. The van der Waals surface area contributed by atoms with Gasteiger partial charge in [-0.25, -0.2) is 4.39 Å². The summed E-state index contributed by atoms with van der Waals surface area (Å²) in [6.45, 7) is 4.84. The molecule has 2 aromatic rings. The minimum absolute atomic E-state index is 0.0368. The minimum atomic E-state index is -0.341. The Morgan fingerprint density at radius 1 is 1.28 bits per heavy atom. The lowest BCUT2D eigenvalue weighted by atomic mass is 9.97. The largest absolute Gasteiger partial charge is 0.466 e. The van der Waals surface area contributed by atoms with Crippen molar-refractivity contribution >= 4 is 39.2 Å². The molecule has 0 saturated carbocycles. The van der Waals surface area contributed by atoms with Crippen LogP contribution in [0.5, 0.6) is 0 Å². The summed E-state index contributed by atoms with van der Waals surface area (Å²) in [7, 11) is 1.59. The molecule has 156 valence electrons. The van der Waals surface area contributed by atoms with Crippen molar-refractivity contribution in [3.8, 4) is 0 Å². The summed E-state index contributed by atoms with van der Waals surface area (Å²) in [6.07, 6.45) is 1.15. The molecular formula is C21H25FN2O4S. The first-order valence-electron chi connectivity index (χ1n) is 9.70. The van der Waals surface area contributed by atoms with E-state index in [0.717, 1.165) is 15.6 Å². The number of hydrogen-bond acceptors (Lipinski definition) is 5. The molecule has 0 unspecified atom stereocenters. The van der Waals surface area contributed by atoms with Gasteiger partial charge < -0.3 is 14.5 Å². The Bertz CT molecular complexity index is 934. The van der Waals surface area contributed by atoms with Gasteiger partial charge in [0.1, 0.15) is 5.82 Å². The van der Waals surface area contributed by atoms with E-state index in [-0.39, 0.29) is 36.1 Å². The summed E-state index contributed by atoms with van der Waals surface area (Å²) >= 11 is 1.31. The van der Waals surface area contributed by atoms with Crippen LogP contribution in [0.3, 0.4) is 0 Å². The second-order valence-electron chi connectivity index (χ2n) is 7.26. The third-order valence-electron chi connectivity index (χ3n) is 5.28. The summed E-state index contributed by atoms with van der Waals surface area (Å²) in [5, 5.41) is 0.721. The number of carbonyl (C=O) groups is 3. The number of rotatable bonds is 5. The number of carbonyl (C=O) groups excluding carboxylic acids is 3.